The smallest absolute Gasteiger partial charge is 0.270 e. The van der Waals surface area contributed by atoms with E-state index in [1.807, 2.05) is 6.92 Å². The minimum Gasteiger partial charge on any atom is -0.346 e. The van der Waals surface area contributed by atoms with Crippen molar-refractivity contribution in [3.05, 3.63) is 56.9 Å². The summed E-state index contributed by atoms with van der Waals surface area (Å²) in [6.07, 6.45) is 1.68. The van der Waals surface area contributed by atoms with Gasteiger partial charge in [0.1, 0.15) is 5.69 Å². The van der Waals surface area contributed by atoms with Gasteiger partial charge in [-0.1, -0.05) is 17.7 Å². The second kappa shape index (κ2) is 6.36. The second-order valence-electron chi connectivity index (χ2n) is 4.27. The van der Waals surface area contributed by atoms with Crippen molar-refractivity contribution < 1.29 is 9.72 Å². The first-order valence-electron chi connectivity index (χ1n) is 6.25. The molecule has 110 valence electrons. The highest BCUT2D eigenvalue weighted by atomic mass is 35.5. The first-order valence-corrected chi connectivity index (χ1v) is 6.63. The summed E-state index contributed by atoms with van der Waals surface area (Å²) in [6, 6.07) is 5.53. The fourth-order valence-corrected chi connectivity index (χ4v) is 1.96. The number of amides is 1. The molecular formula is C13H13ClN4O3. The Morgan fingerprint density at radius 3 is 2.90 bits per heavy atom. The lowest BCUT2D eigenvalue weighted by molar-refractivity contribution is -0.384. The quantitative estimate of drug-likeness (QED) is 0.678. The van der Waals surface area contributed by atoms with Gasteiger partial charge in [-0.25, -0.2) is 0 Å². The molecule has 2 aromatic rings. The molecule has 0 aliphatic heterocycles. The third-order valence-electron chi connectivity index (χ3n) is 2.85. The Kier molecular flexibility index (Phi) is 4.54. The molecular weight excluding hydrogens is 296 g/mol. The highest BCUT2D eigenvalue weighted by Gasteiger charge is 2.13. The van der Waals surface area contributed by atoms with Crippen molar-refractivity contribution in [2.75, 3.05) is 0 Å². The Balaban J connectivity index is 2.06. The van der Waals surface area contributed by atoms with E-state index in [1.54, 1.807) is 10.9 Å². The van der Waals surface area contributed by atoms with Crippen LogP contribution < -0.4 is 5.32 Å². The first kappa shape index (κ1) is 15.0. The predicted molar refractivity (Wildman–Crippen MR) is 77.2 cm³/mol. The van der Waals surface area contributed by atoms with Gasteiger partial charge in [0.05, 0.1) is 16.5 Å². The number of aryl methyl sites for hydroxylation is 1. The summed E-state index contributed by atoms with van der Waals surface area (Å²) >= 11 is 6.00. The van der Waals surface area contributed by atoms with Crippen LogP contribution in [0.5, 0.6) is 0 Å². The summed E-state index contributed by atoms with van der Waals surface area (Å²) in [5, 5.41) is 18.0. The number of hydrogen-bond donors (Lipinski definition) is 1. The van der Waals surface area contributed by atoms with Gasteiger partial charge in [0.15, 0.2) is 0 Å². The molecule has 0 fully saturated rings. The number of carbonyl (C=O) groups is 1. The lowest BCUT2D eigenvalue weighted by Crippen LogP contribution is -2.23. The fraction of sp³-hybridized carbons (Fsp3) is 0.231. The zero-order chi connectivity index (χ0) is 15.4. The van der Waals surface area contributed by atoms with E-state index in [9.17, 15) is 14.9 Å². The van der Waals surface area contributed by atoms with Crippen LogP contribution in [0.3, 0.4) is 0 Å². The van der Waals surface area contributed by atoms with Gasteiger partial charge in [0.2, 0.25) is 0 Å². The molecule has 1 heterocycles. The Hall–Kier alpha value is -2.41. The fourth-order valence-electron chi connectivity index (χ4n) is 1.75. The zero-order valence-electron chi connectivity index (χ0n) is 11.2. The molecule has 0 aliphatic rings. The van der Waals surface area contributed by atoms with E-state index in [2.05, 4.69) is 10.4 Å². The summed E-state index contributed by atoms with van der Waals surface area (Å²) in [7, 11) is 0. The van der Waals surface area contributed by atoms with Gasteiger partial charge >= 0.3 is 0 Å². The van der Waals surface area contributed by atoms with Crippen LogP contribution in [0.4, 0.5) is 5.69 Å². The van der Waals surface area contributed by atoms with E-state index in [0.29, 0.717) is 17.3 Å². The molecule has 1 amide bonds. The van der Waals surface area contributed by atoms with Gasteiger partial charge in [-0.3, -0.25) is 19.6 Å². The summed E-state index contributed by atoms with van der Waals surface area (Å²) in [6.45, 7) is 2.76. The molecule has 0 saturated carbocycles. The third kappa shape index (κ3) is 3.57. The number of aromatic nitrogens is 2. The highest BCUT2D eigenvalue weighted by Crippen LogP contribution is 2.15. The number of nitro groups is 1. The average Bonchev–Trinajstić information content (AvgIpc) is 2.85. The monoisotopic (exact) mass is 308 g/mol. The maximum Gasteiger partial charge on any atom is 0.270 e. The molecule has 21 heavy (non-hydrogen) atoms. The van der Waals surface area contributed by atoms with Crippen LogP contribution in [0.2, 0.25) is 5.02 Å². The van der Waals surface area contributed by atoms with E-state index in [-0.39, 0.29) is 17.8 Å². The van der Waals surface area contributed by atoms with E-state index >= 15 is 0 Å². The number of nitro benzene ring substituents is 1. The third-order valence-corrected chi connectivity index (χ3v) is 3.16. The van der Waals surface area contributed by atoms with Gasteiger partial charge in [0.25, 0.3) is 11.6 Å². The number of rotatable bonds is 5. The standard InChI is InChI=1S/C13H13ClN4O3/c1-2-17-8-11(14)12(16-17)7-15-13(19)9-4-3-5-10(6-9)18(20)21/h3-6,8H,2,7H2,1H3,(H,15,19). The van der Waals surface area contributed by atoms with E-state index < -0.39 is 10.8 Å². The second-order valence-corrected chi connectivity index (χ2v) is 4.68. The molecule has 0 atom stereocenters. The molecule has 0 radical (unpaired) electrons. The van der Waals surface area contributed by atoms with Crippen LogP contribution in [0, 0.1) is 10.1 Å². The van der Waals surface area contributed by atoms with Crippen LogP contribution in [0.15, 0.2) is 30.5 Å². The molecule has 1 aromatic heterocycles. The number of hydrogen-bond acceptors (Lipinski definition) is 4. The Morgan fingerprint density at radius 2 is 2.29 bits per heavy atom. The average molecular weight is 309 g/mol. The van der Waals surface area contributed by atoms with Crippen LogP contribution in [-0.4, -0.2) is 20.6 Å². The van der Waals surface area contributed by atoms with Crippen LogP contribution in [-0.2, 0) is 13.1 Å². The van der Waals surface area contributed by atoms with Gasteiger partial charge < -0.3 is 5.32 Å². The molecule has 0 spiro atoms. The van der Waals surface area contributed by atoms with Crippen molar-refractivity contribution in [3.63, 3.8) is 0 Å². The van der Waals surface area contributed by atoms with Crippen molar-refractivity contribution in [2.45, 2.75) is 20.0 Å². The van der Waals surface area contributed by atoms with Crippen molar-refractivity contribution in [2.24, 2.45) is 0 Å². The minimum atomic E-state index is -0.545. The van der Waals surface area contributed by atoms with Crippen LogP contribution >= 0.6 is 11.6 Å². The van der Waals surface area contributed by atoms with Gasteiger partial charge in [-0.2, -0.15) is 5.10 Å². The van der Waals surface area contributed by atoms with E-state index in [4.69, 9.17) is 11.6 Å². The van der Waals surface area contributed by atoms with Crippen molar-refractivity contribution in [3.8, 4) is 0 Å². The van der Waals surface area contributed by atoms with Crippen molar-refractivity contribution in [1.82, 2.24) is 15.1 Å². The highest BCUT2D eigenvalue weighted by molar-refractivity contribution is 6.31. The van der Waals surface area contributed by atoms with Crippen LogP contribution in [0.25, 0.3) is 0 Å². The molecule has 7 nitrogen and oxygen atoms in total. The van der Waals surface area contributed by atoms with Crippen molar-refractivity contribution in [1.29, 1.82) is 0 Å². The van der Waals surface area contributed by atoms with Gasteiger partial charge in [-0.15, -0.1) is 0 Å². The SMILES string of the molecule is CCn1cc(Cl)c(CNC(=O)c2cccc([N+](=O)[O-])c2)n1. The summed E-state index contributed by atoms with van der Waals surface area (Å²) in [4.78, 5) is 22.1. The van der Waals surface area contributed by atoms with E-state index in [0.717, 1.165) is 0 Å². The zero-order valence-corrected chi connectivity index (χ0v) is 12.0. The molecule has 8 heteroatoms. The summed E-state index contributed by atoms with van der Waals surface area (Å²) < 4.78 is 1.66. The number of halogens is 1. The maximum absolute atomic E-state index is 12.0. The predicted octanol–water partition coefficient (Wildman–Crippen LogP) is 2.39. The maximum atomic E-state index is 12.0. The summed E-state index contributed by atoms with van der Waals surface area (Å²) in [5.41, 5.74) is 0.642. The topological polar surface area (TPSA) is 90.1 Å². The van der Waals surface area contributed by atoms with Gasteiger partial charge in [-0.05, 0) is 13.0 Å². The molecule has 0 unspecified atom stereocenters. The summed E-state index contributed by atoms with van der Waals surface area (Å²) in [5.74, 6) is -0.416. The number of nitrogens with zero attached hydrogens (tertiary/aromatic N) is 3. The molecule has 0 aliphatic carbocycles. The number of non-ortho nitro benzene ring substituents is 1. The Labute approximate surface area is 125 Å². The molecule has 0 bridgehead atoms. The Bertz CT molecular complexity index is 684. The number of nitrogens with one attached hydrogen (secondary N) is 1. The lowest BCUT2D eigenvalue weighted by atomic mass is 10.2. The van der Waals surface area contributed by atoms with E-state index in [1.165, 1.54) is 24.3 Å². The minimum absolute atomic E-state index is 0.129. The molecule has 1 aromatic carbocycles. The van der Waals surface area contributed by atoms with Crippen LogP contribution in [0.1, 0.15) is 23.0 Å². The normalized spacial score (nSPS) is 10.4. The molecule has 1 N–H and O–H groups in total. The number of carbonyl (C=O) groups excluding carboxylic acids is 1. The molecule has 0 saturated heterocycles. The van der Waals surface area contributed by atoms with Gasteiger partial charge in [0, 0.05) is 30.4 Å². The Morgan fingerprint density at radius 1 is 1.52 bits per heavy atom. The lowest BCUT2D eigenvalue weighted by Gasteiger charge is -2.03. The first-order chi connectivity index (χ1) is 10.0. The number of benzene rings is 1. The molecule has 2 rings (SSSR count). The largest absolute Gasteiger partial charge is 0.346 e. The van der Waals surface area contributed by atoms with Crippen molar-refractivity contribution >= 4 is 23.2 Å².